The SMILES string of the molecule is CCOC(=O)C1=NNCC12CC(=O)N(c1cccc(Cl)c1)C2=O. The molecule has 0 bridgehead atoms. The Kier molecular flexibility index (Phi) is 3.81. The lowest BCUT2D eigenvalue weighted by Crippen LogP contribution is -2.45. The number of amides is 2. The highest BCUT2D eigenvalue weighted by Crippen LogP contribution is 2.39. The summed E-state index contributed by atoms with van der Waals surface area (Å²) in [5, 5.41) is 4.30. The van der Waals surface area contributed by atoms with E-state index in [4.69, 9.17) is 16.3 Å². The van der Waals surface area contributed by atoms with Gasteiger partial charge in [-0.25, -0.2) is 9.69 Å². The molecule has 0 radical (unpaired) electrons. The van der Waals surface area contributed by atoms with E-state index in [1.54, 1.807) is 25.1 Å². The molecule has 7 nitrogen and oxygen atoms in total. The number of ether oxygens (including phenoxy) is 1. The van der Waals surface area contributed by atoms with Crippen molar-refractivity contribution in [2.45, 2.75) is 13.3 Å². The van der Waals surface area contributed by atoms with Gasteiger partial charge in [0.25, 0.3) is 0 Å². The second-order valence-corrected chi connectivity index (χ2v) is 5.73. The number of benzene rings is 1. The van der Waals surface area contributed by atoms with Crippen LogP contribution in [0.2, 0.25) is 5.02 Å². The molecule has 8 heteroatoms. The van der Waals surface area contributed by atoms with E-state index in [0.717, 1.165) is 4.90 Å². The summed E-state index contributed by atoms with van der Waals surface area (Å²) in [6.45, 7) is 1.91. The summed E-state index contributed by atoms with van der Waals surface area (Å²) < 4.78 is 4.94. The Hall–Kier alpha value is -2.41. The number of nitrogens with zero attached hydrogens (tertiary/aromatic N) is 2. The predicted octanol–water partition coefficient (Wildman–Crippen LogP) is 1.11. The van der Waals surface area contributed by atoms with Crippen molar-refractivity contribution < 1.29 is 19.1 Å². The standard InChI is InChI=1S/C15H14ClN3O4/c1-2-23-13(21)12-15(8-17-18-12)7-11(20)19(14(15)22)10-5-3-4-9(16)6-10/h3-6,17H,2,7-8H2,1H3. The third kappa shape index (κ3) is 2.37. The first-order chi connectivity index (χ1) is 11.0. The first kappa shape index (κ1) is 15.5. The molecule has 23 heavy (non-hydrogen) atoms. The third-order valence-corrected chi connectivity index (χ3v) is 4.11. The lowest BCUT2D eigenvalue weighted by molar-refractivity contribution is -0.136. The highest BCUT2D eigenvalue weighted by molar-refractivity contribution is 6.47. The Morgan fingerprint density at radius 3 is 2.96 bits per heavy atom. The van der Waals surface area contributed by atoms with Gasteiger partial charge in [0.2, 0.25) is 11.8 Å². The Labute approximate surface area is 137 Å². The zero-order valence-corrected chi connectivity index (χ0v) is 13.1. The van der Waals surface area contributed by atoms with Crippen LogP contribution in [0.5, 0.6) is 0 Å². The van der Waals surface area contributed by atoms with Crippen LogP contribution in [-0.4, -0.2) is 36.6 Å². The van der Waals surface area contributed by atoms with E-state index < -0.39 is 23.2 Å². The summed E-state index contributed by atoms with van der Waals surface area (Å²) in [5.41, 5.74) is 1.65. The third-order valence-electron chi connectivity index (χ3n) is 3.88. The maximum Gasteiger partial charge on any atom is 0.355 e. The first-order valence-corrected chi connectivity index (χ1v) is 7.48. The van der Waals surface area contributed by atoms with Crippen LogP contribution in [0.4, 0.5) is 5.69 Å². The molecular weight excluding hydrogens is 322 g/mol. The molecule has 0 aliphatic carbocycles. The van der Waals surface area contributed by atoms with Crippen molar-refractivity contribution in [3.63, 3.8) is 0 Å². The monoisotopic (exact) mass is 335 g/mol. The summed E-state index contributed by atoms with van der Waals surface area (Å²) in [5.74, 6) is -1.59. The van der Waals surface area contributed by atoms with Gasteiger partial charge in [0, 0.05) is 11.4 Å². The van der Waals surface area contributed by atoms with Gasteiger partial charge in [0.1, 0.15) is 5.41 Å². The van der Waals surface area contributed by atoms with Gasteiger partial charge in [-0.3, -0.25) is 9.59 Å². The quantitative estimate of drug-likeness (QED) is 0.660. The van der Waals surface area contributed by atoms with Crippen molar-refractivity contribution in [2.24, 2.45) is 10.5 Å². The minimum Gasteiger partial charge on any atom is -0.461 e. The van der Waals surface area contributed by atoms with Gasteiger partial charge in [-0.1, -0.05) is 17.7 Å². The minimum atomic E-state index is -1.31. The maximum absolute atomic E-state index is 12.9. The lowest BCUT2D eigenvalue weighted by atomic mass is 9.81. The second kappa shape index (κ2) is 5.66. The fraction of sp³-hybridized carbons (Fsp3) is 0.333. The Morgan fingerprint density at radius 2 is 2.26 bits per heavy atom. The number of halogens is 1. The number of hydrogen-bond acceptors (Lipinski definition) is 6. The van der Waals surface area contributed by atoms with Crippen LogP contribution in [0, 0.1) is 5.41 Å². The predicted molar refractivity (Wildman–Crippen MR) is 83.1 cm³/mol. The number of rotatable bonds is 3. The van der Waals surface area contributed by atoms with E-state index in [-0.39, 0.29) is 25.3 Å². The number of hydrogen-bond donors (Lipinski definition) is 1. The fourth-order valence-electron chi connectivity index (χ4n) is 2.82. The molecule has 1 saturated heterocycles. The van der Waals surface area contributed by atoms with E-state index in [2.05, 4.69) is 10.5 Å². The Balaban J connectivity index is 1.98. The van der Waals surface area contributed by atoms with Crippen molar-refractivity contribution in [2.75, 3.05) is 18.1 Å². The Morgan fingerprint density at radius 1 is 1.48 bits per heavy atom. The molecule has 120 valence electrons. The van der Waals surface area contributed by atoms with Gasteiger partial charge >= 0.3 is 5.97 Å². The van der Waals surface area contributed by atoms with E-state index in [0.29, 0.717) is 10.7 Å². The smallest absolute Gasteiger partial charge is 0.355 e. The summed E-state index contributed by atoms with van der Waals surface area (Å²) >= 11 is 5.93. The van der Waals surface area contributed by atoms with Crippen LogP contribution in [0.3, 0.4) is 0 Å². The summed E-state index contributed by atoms with van der Waals surface area (Å²) in [4.78, 5) is 38.4. The molecule has 2 heterocycles. The Bertz CT molecular complexity index is 733. The van der Waals surface area contributed by atoms with Gasteiger partial charge in [0.15, 0.2) is 5.71 Å². The summed E-state index contributed by atoms with van der Waals surface area (Å²) in [7, 11) is 0. The first-order valence-electron chi connectivity index (χ1n) is 7.10. The van der Waals surface area contributed by atoms with Gasteiger partial charge in [0.05, 0.1) is 18.8 Å². The average Bonchev–Trinajstić information content (AvgIpc) is 3.02. The highest BCUT2D eigenvalue weighted by Gasteiger charge is 2.59. The van der Waals surface area contributed by atoms with E-state index in [9.17, 15) is 14.4 Å². The topological polar surface area (TPSA) is 88.1 Å². The minimum absolute atomic E-state index is 0.0535. The number of hydrazone groups is 1. The molecule has 1 N–H and O–H groups in total. The molecule has 1 atom stereocenters. The molecule has 0 aromatic heterocycles. The van der Waals surface area contributed by atoms with Gasteiger partial charge in [-0.05, 0) is 25.1 Å². The number of imide groups is 1. The average molecular weight is 336 g/mol. The van der Waals surface area contributed by atoms with Crippen molar-refractivity contribution >= 4 is 40.8 Å². The van der Waals surface area contributed by atoms with Crippen LogP contribution in [-0.2, 0) is 19.1 Å². The molecule has 3 rings (SSSR count). The van der Waals surface area contributed by atoms with Crippen molar-refractivity contribution in [1.82, 2.24) is 5.43 Å². The number of carbonyl (C=O) groups is 3. The summed E-state index contributed by atoms with van der Waals surface area (Å²) in [6, 6.07) is 6.44. The lowest BCUT2D eigenvalue weighted by Gasteiger charge is -2.21. The highest BCUT2D eigenvalue weighted by atomic mass is 35.5. The second-order valence-electron chi connectivity index (χ2n) is 5.29. The fourth-order valence-corrected chi connectivity index (χ4v) is 3.01. The van der Waals surface area contributed by atoms with E-state index >= 15 is 0 Å². The molecule has 1 aromatic carbocycles. The van der Waals surface area contributed by atoms with E-state index in [1.807, 2.05) is 0 Å². The number of nitrogens with one attached hydrogen (secondary N) is 1. The van der Waals surface area contributed by atoms with Crippen LogP contribution >= 0.6 is 11.6 Å². The molecule has 1 spiro atoms. The van der Waals surface area contributed by atoms with Crippen molar-refractivity contribution in [3.8, 4) is 0 Å². The van der Waals surface area contributed by atoms with Crippen LogP contribution in [0.15, 0.2) is 29.4 Å². The van der Waals surface area contributed by atoms with Gasteiger partial charge in [-0.15, -0.1) is 0 Å². The zero-order valence-electron chi connectivity index (χ0n) is 12.3. The maximum atomic E-state index is 12.9. The van der Waals surface area contributed by atoms with Gasteiger partial charge in [-0.2, -0.15) is 5.10 Å². The molecule has 1 aromatic rings. The van der Waals surface area contributed by atoms with Crippen molar-refractivity contribution in [3.05, 3.63) is 29.3 Å². The molecule has 2 aliphatic heterocycles. The normalized spacial score (nSPS) is 23.2. The van der Waals surface area contributed by atoms with Gasteiger partial charge < -0.3 is 10.2 Å². The molecule has 0 saturated carbocycles. The summed E-state index contributed by atoms with van der Waals surface area (Å²) in [6.07, 6.45) is -0.136. The van der Waals surface area contributed by atoms with Crippen molar-refractivity contribution in [1.29, 1.82) is 0 Å². The molecule has 2 aliphatic rings. The molecule has 2 amide bonds. The van der Waals surface area contributed by atoms with E-state index in [1.165, 1.54) is 6.07 Å². The zero-order chi connectivity index (χ0) is 16.6. The number of esters is 1. The molecule has 1 fully saturated rings. The van der Waals surface area contributed by atoms with Crippen LogP contribution < -0.4 is 10.3 Å². The number of carbonyl (C=O) groups excluding carboxylic acids is 3. The van der Waals surface area contributed by atoms with Crippen LogP contribution in [0.25, 0.3) is 0 Å². The van der Waals surface area contributed by atoms with Crippen LogP contribution in [0.1, 0.15) is 13.3 Å². The number of anilines is 1. The molecular formula is C15H14ClN3O4. The largest absolute Gasteiger partial charge is 0.461 e. The molecule has 1 unspecified atom stereocenters.